The highest BCUT2D eigenvalue weighted by molar-refractivity contribution is 6.18. The predicted molar refractivity (Wildman–Crippen MR) is 65.8 cm³/mol. The molecule has 1 aromatic rings. The molecule has 1 rings (SSSR count). The normalized spacial score (nSPS) is 12.5. The standard InChI is InChI=1S/C13H18ClFO/c1-3-4-11(9-14)7-10-5-6-13(16-2)12(15)8-10/h5-6,8,11H,3-4,7,9H2,1-2H3. The third kappa shape index (κ3) is 3.67. The molecule has 16 heavy (non-hydrogen) atoms. The first-order chi connectivity index (χ1) is 7.71. The zero-order valence-electron chi connectivity index (χ0n) is 9.80. The number of hydrogen-bond acceptors (Lipinski definition) is 1. The van der Waals surface area contributed by atoms with Crippen molar-refractivity contribution in [2.45, 2.75) is 26.2 Å². The van der Waals surface area contributed by atoms with Gasteiger partial charge in [-0.05, 0) is 36.5 Å². The Bertz CT molecular complexity index is 328. The number of alkyl halides is 1. The van der Waals surface area contributed by atoms with Crippen LogP contribution >= 0.6 is 11.6 Å². The highest BCUT2D eigenvalue weighted by Crippen LogP contribution is 2.21. The van der Waals surface area contributed by atoms with Crippen molar-refractivity contribution in [2.24, 2.45) is 5.92 Å². The topological polar surface area (TPSA) is 9.23 Å². The molecule has 90 valence electrons. The Hall–Kier alpha value is -0.760. The van der Waals surface area contributed by atoms with Gasteiger partial charge in [-0.1, -0.05) is 19.4 Å². The van der Waals surface area contributed by atoms with Gasteiger partial charge in [0, 0.05) is 5.88 Å². The number of benzene rings is 1. The van der Waals surface area contributed by atoms with E-state index >= 15 is 0 Å². The summed E-state index contributed by atoms with van der Waals surface area (Å²) in [6, 6.07) is 5.10. The maximum absolute atomic E-state index is 13.4. The highest BCUT2D eigenvalue weighted by atomic mass is 35.5. The Balaban J connectivity index is 2.69. The summed E-state index contributed by atoms with van der Waals surface area (Å²) in [5, 5.41) is 0. The van der Waals surface area contributed by atoms with Gasteiger partial charge in [-0.2, -0.15) is 0 Å². The van der Waals surface area contributed by atoms with E-state index in [1.165, 1.54) is 13.2 Å². The van der Waals surface area contributed by atoms with Gasteiger partial charge in [0.2, 0.25) is 0 Å². The molecule has 0 aliphatic heterocycles. The van der Waals surface area contributed by atoms with Crippen LogP contribution in [0.25, 0.3) is 0 Å². The van der Waals surface area contributed by atoms with Crippen LogP contribution in [0.5, 0.6) is 5.75 Å². The lowest BCUT2D eigenvalue weighted by Gasteiger charge is -2.13. The van der Waals surface area contributed by atoms with Gasteiger partial charge in [0.15, 0.2) is 11.6 Å². The maximum Gasteiger partial charge on any atom is 0.165 e. The Kier molecular flexibility index (Phi) is 5.61. The molecule has 0 radical (unpaired) electrons. The van der Waals surface area contributed by atoms with E-state index in [2.05, 4.69) is 6.92 Å². The molecular formula is C13H18ClFO. The molecule has 0 N–H and O–H groups in total. The number of methoxy groups -OCH3 is 1. The van der Waals surface area contributed by atoms with Crippen LogP contribution in [0, 0.1) is 11.7 Å². The first kappa shape index (κ1) is 13.3. The molecule has 0 fully saturated rings. The SMILES string of the molecule is CCCC(CCl)Cc1ccc(OC)c(F)c1. The number of ether oxygens (including phenoxy) is 1. The van der Waals surface area contributed by atoms with Gasteiger partial charge in [0.1, 0.15) is 0 Å². The Morgan fingerprint density at radius 1 is 1.44 bits per heavy atom. The molecule has 1 atom stereocenters. The first-order valence-electron chi connectivity index (χ1n) is 5.59. The fraction of sp³-hybridized carbons (Fsp3) is 0.538. The van der Waals surface area contributed by atoms with Crippen molar-refractivity contribution in [3.05, 3.63) is 29.6 Å². The Morgan fingerprint density at radius 2 is 2.19 bits per heavy atom. The van der Waals surface area contributed by atoms with Crippen molar-refractivity contribution in [3.8, 4) is 5.75 Å². The minimum Gasteiger partial charge on any atom is -0.494 e. The summed E-state index contributed by atoms with van der Waals surface area (Å²) < 4.78 is 18.3. The highest BCUT2D eigenvalue weighted by Gasteiger charge is 2.09. The lowest BCUT2D eigenvalue weighted by molar-refractivity contribution is 0.385. The largest absolute Gasteiger partial charge is 0.494 e. The molecular weight excluding hydrogens is 227 g/mol. The summed E-state index contributed by atoms with van der Waals surface area (Å²) in [5.74, 6) is 1.05. The summed E-state index contributed by atoms with van der Waals surface area (Å²) in [7, 11) is 1.47. The average molecular weight is 245 g/mol. The van der Waals surface area contributed by atoms with Gasteiger partial charge in [0.25, 0.3) is 0 Å². The Labute approximate surface area is 102 Å². The van der Waals surface area contributed by atoms with Crippen LogP contribution in [0.2, 0.25) is 0 Å². The van der Waals surface area contributed by atoms with Crippen LogP contribution in [0.3, 0.4) is 0 Å². The lowest BCUT2D eigenvalue weighted by Crippen LogP contribution is -2.06. The molecule has 1 nitrogen and oxygen atoms in total. The summed E-state index contributed by atoms with van der Waals surface area (Å²) in [6.45, 7) is 2.13. The Morgan fingerprint density at radius 3 is 2.69 bits per heavy atom. The van der Waals surface area contributed by atoms with E-state index in [4.69, 9.17) is 16.3 Å². The molecule has 0 heterocycles. The van der Waals surface area contributed by atoms with E-state index in [0.29, 0.717) is 17.5 Å². The van der Waals surface area contributed by atoms with Gasteiger partial charge >= 0.3 is 0 Å². The second-order valence-electron chi connectivity index (χ2n) is 3.98. The zero-order valence-corrected chi connectivity index (χ0v) is 10.6. The van der Waals surface area contributed by atoms with Crippen molar-refractivity contribution < 1.29 is 9.13 Å². The molecule has 0 aromatic heterocycles. The molecule has 0 spiro atoms. The maximum atomic E-state index is 13.4. The summed E-state index contributed by atoms with van der Waals surface area (Å²) >= 11 is 5.88. The molecule has 0 aliphatic carbocycles. The molecule has 0 bridgehead atoms. The molecule has 3 heteroatoms. The first-order valence-corrected chi connectivity index (χ1v) is 6.13. The minimum absolute atomic E-state index is 0.293. The minimum atomic E-state index is -0.301. The fourth-order valence-corrected chi connectivity index (χ4v) is 2.08. The molecule has 1 unspecified atom stereocenters. The average Bonchev–Trinajstić information content (AvgIpc) is 2.28. The second kappa shape index (κ2) is 6.74. The monoisotopic (exact) mass is 244 g/mol. The van der Waals surface area contributed by atoms with Gasteiger partial charge in [-0.3, -0.25) is 0 Å². The van der Waals surface area contributed by atoms with Crippen molar-refractivity contribution in [1.29, 1.82) is 0 Å². The molecule has 0 saturated heterocycles. The van der Waals surface area contributed by atoms with E-state index in [1.807, 2.05) is 6.07 Å². The molecule has 0 amide bonds. The van der Waals surface area contributed by atoms with Gasteiger partial charge in [-0.15, -0.1) is 11.6 Å². The van der Waals surface area contributed by atoms with Crippen LogP contribution in [0.1, 0.15) is 25.3 Å². The lowest BCUT2D eigenvalue weighted by atomic mass is 9.97. The smallest absolute Gasteiger partial charge is 0.165 e. The van der Waals surface area contributed by atoms with E-state index < -0.39 is 0 Å². The van der Waals surface area contributed by atoms with Crippen LogP contribution in [0.15, 0.2) is 18.2 Å². The predicted octanol–water partition coefficient (Wildman–Crippen LogP) is 4.03. The van der Waals surface area contributed by atoms with Crippen LogP contribution < -0.4 is 4.74 Å². The van der Waals surface area contributed by atoms with Crippen LogP contribution in [-0.2, 0) is 6.42 Å². The zero-order chi connectivity index (χ0) is 12.0. The number of rotatable bonds is 6. The molecule has 0 aliphatic rings. The summed E-state index contributed by atoms with van der Waals surface area (Å²) in [6.07, 6.45) is 3.02. The van der Waals surface area contributed by atoms with Crippen LogP contribution in [0.4, 0.5) is 4.39 Å². The summed E-state index contributed by atoms with van der Waals surface area (Å²) in [5.41, 5.74) is 0.984. The molecule has 0 saturated carbocycles. The number of halogens is 2. The van der Waals surface area contributed by atoms with E-state index in [-0.39, 0.29) is 5.82 Å². The summed E-state index contributed by atoms with van der Waals surface area (Å²) in [4.78, 5) is 0. The van der Waals surface area contributed by atoms with Gasteiger partial charge < -0.3 is 4.74 Å². The number of hydrogen-bond donors (Lipinski definition) is 0. The second-order valence-corrected chi connectivity index (χ2v) is 4.29. The van der Waals surface area contributed by atoms with Crippen molar-refractivity contribution in [1.82, 2.24) is 0 Å². The van der Waals surface area contributed by atoms with Crippen molar-refractivity contribution in [2.75, 3.05) is 13.0 Å². The van der Waals surface area contributed by atoms with Crippen molar-refractivity contribution in [3.63, 3.8) is 0 Å². The fourth-order valence-electron chi connectivity index (χ4n) is 1.81. The van der Waals surface area contributed by atoms with E-state index in [9.17, 15) is 4.39 Å². The van der Waals surface area contributed by atoms with Crippen molar-refractivity contribution >= 4 is 11.6 Å². The van der Waals surface area contributed by atoms with E-state index in [0.717, 1.165) is 24.8 Å². The quantitative estimate of drug-likeness (QED) is 0.687. The van der Waals surface area contributed by atoms with E-state index in [1.54, 1.807) is 6.07 Å². The third-order valence-electron chi connectivity index (χ3n) is 2.66. The van der Waals surface area contributed by atoms with Gasteiger partial charge in [0.05, 0.1) is 7.11 Å². The van der Waals surface area contributed by atoms with Gasteiger partial charge in [-0.25, -0.2) is 4.39 Å². The third-order valence-corrected chi connectivity index (χ3v) is 3.09. The molecule has 1 aromatic carbocycles. The van der Waals surface area contributed by atoms with Crippen LogP contribution in [-0.4, -0.2) is 13.0 Å².